The summed E-state index contributed by atoms with van der Waals surface area (Å²) in [6, 6.07) is 7.66. The van der Waals surface area contributed by atoms with Crippen molar-refractivity contribution in [2.75, 3.05) is 6.54 Å². The van der Waals surface area contributed by atoms with Crippen LogP contribution < -0.4 is 0 Å². The summed E-state index contributed by atoms with van der Waals surface area (Å²) in [6.07, 6.45) is 5.35. The molecular weight excluding hydrogens is 326 g/mol. The minimum Gasteiger partial charge on any atom is -0.340 e. The van der Waals surface area contributed by atoms with E-state index in [0.29, 0.717) is 35.6 Å². The van der Waals surface area contributed by atoms with E-state index in [1.807, 2.05) is 17.0 Å². The maximum absolute atomic E-state index is 12.5. The molecule has 6 heteroatoms. The van der Waals surface area contributed by atoms with Crippen LogP contribution in [0.5, 0.6) is 0 Å². The highest BCUT2D eigenvalue weighted by molar-refractivity contribution is 6.30. The van der Waals surface area contributed by atoms with Gasteiger partial charge < -0.3 is 9.42 Å². The van der Waals surface area contributed by atoms with Crippen LogP contribution in [0.1, 0.15) is 44.9 Å². The van der Waals surface area contributed by atoms with Gasteiger partial charge in [-0.05, 0) is 49.9 Å². The van der Waals surface area contributed by atoms with Gasteiger partial charge in [0.15, 0.2) is 0 Å². The molecule has 1 aliphatic rings. The molecule has 1 atom stereocenters. The van der Waals surface area contributed by atoms with Crippen LogP contribution in [-0.2, 0) is 11.2 Å². The summed E-state index contributed by atoms with van der Waals surface area (Å²) in [5.74, 6) is 1.21. The number of amides is 1. The first-order valence-corrected chi connectivity index (χ1v) is 8.93. The number of nitrogens with zero attached hydrogens (tertiary/aromatic N) is 3. The van der Waals surface area contributed by atoms with Gasteiger partial charge in [-0.1, -0.05) is 23.7 Å². The third-order valence-electron chi connectivity index (χ3n) is 4.54. The Morgan fingerprint density at radius 3 is 2.88 bits per heavy atom. The van der Waals surface area contributed by atoms with Crippen molar-refractivity contribution in [2.45, 2.75) is 51.5 Å². The number of benzene rings is 1. The molecule has 1 saturated heterocycles. The number of aromatic nitrogens is 2. The van der Waals surface area contributed by atoms with Crippen molar-refractivity contribution in [3.63, 3.8) is 0 Å². The maximum atomic E-state index is 12.5. The molecule has 0 spiro atoms. The molecule has 0 N–H and O–H groups in total. The highest BCUT2D eigenvalue weighted by Crippen LogP contribution is 2.22. The summed E-state index contributed by atoms with van der Waals surface area (Å²) in [4.78, 5) is 18.9. The lowest BCUT2D eigenvalue weighted by atomic mass is 9.99. The number of likely N-dealkylation sites (tertiary alicyclic amines) is 1. The van der Waals surface area contributed by atoms with Gasteiger partial charge in [-0.15, -0.1) is 0 Å². The van der Waals surface area contributed by atoms with Gasteiger partial charge in [-0.2, -0.15) is 4.98 Å². The Balaban J connectivity index is 1.59. The van der Waals surface area contributed by atoms with Crippen molar-refractivity contribution >= 4 is 17.5 Å². The Morgan fingerprint density at radius 2 is 2.12 bits per heavy atom. The lowest BCUT2D eigenvalue weighted by molar-refractivity contribution is -0.135. The van der Waals surface area contributed by atoms with E-state index < -0.39 is 0 Å². The lowest BCUT2D eigenvalue weighted by Crippen LogP contribution is -2.43. The summed E-state index contributed by atoms with van der Waals surface area (Å²) >= 11 is 5.88. The van der Waals surface area contributed by atoms with Crippen molar-refractivity contribution < 1.29 is 9.32 Å². The van der Waals surface area contributed by atoms with E-state index in [9.17, 15) is 4.79 Å². The third-order valence-corrected chi connectivity index (χ3v) is 4.79. The lowest BCUT2D eigenvalue weighted by Gasteiger charge is -2.35. The molecule has 5 nitrogen and oxygen atoms in total. The SMILES string of the molecule is CC[C@@H]1CCCCN1C(=O)CCc1nc(-c2ccc(Cl)cc2)no1. The number of rotatable bonds is 5. The minimum absolute atomic E-state index is 0.188. The number of aryl methyl sites for hydroxylation is 1. The minimum atomic E-state index is 0.188. The van der Waals surface area contributed by atoms with Crippen molar-refractivity contribution in [3.05, 3.63) is 35.2 Å². The second-order valence-electron chi connectivity index (χ2n) is 6.16. The number of carbonyl (C=O) groups is 1. The van der Waals surface area contributed by atoms with Crippen molar-refractivity contribution in [1.29, 1.82) is 0 Å². The van der Waals surface area contributed by atoms with E-state index in [1.54, 1.807) is 12.1 Å². The summed E-state index contributed by atoms with van der Waals surface area (Å²) in [5.41, 5.74) is 0.850. The average molecular weight is 348 g/mol. The molecule has 1 amide bonds. The largest absolute Gasteiger partial charge is 0.340 e. The summed E-state index contributed by atoms with van der Waals surface area (Å²) in [7, 11) is 0. The average Bonchev–Trinajstić information content (AvgIpc) is 3.09. The van der Waals surface area contributed by atoms with Crippen molar-refractivity contribution in [2.24, 2.45) is 0 Å². The zero-order valence-corrected chi connectivity index (χ0v) is 14.6. The third kappa shape index (κ3) is 3.96. The first kappa shape index (κ1) is 17.0. The van der Waals surface area contributed by atoms with Gasteiger partial charge in [0.25, 0.3) is 0 Å². The molecule has 0 unspecified atom stereocenters. The van der Waals surface area contributed by atoms with E-state index in [4.69, 9.17) is 16.1 Å². The quantitative estimate of drug-likeness (QED) is 0.816. The molecule has 1 aromatic heterocycles. The predicted octanol–water partition coefficient (Wildman–Crippen LogP) is 4.11. The second kappa shape index (κ2) is 7.79. The summed E-state index contributed by atoms with van der Waals surface area (Å²) < 4.78 is 5.28. The standard InChI is InChI=1S/C18H22ClN3O2/c1-2-15-5-3-4-12-22(15)17(23)11-10-16-20-18(21-24-16)13-6-8-14(19)9-7-13/h6-9,15H,2-5,10-12H2,1H3/t15-/m1/s1. The van der Waals surface area contributed by atoms with Crippen LogP contribution >= 0.6 is 11.6 Å². The number of piperidine rings is 1. The highest BCUT2D eigenvalue weighted by Gasteiger charge is 2.25. The smallest absolute Gasteiger partial charge is 0.227 e. The molecule has 2 aromatic rings. The van der Waals surface area contributed by atoms with E-state index in [0.717, 1.165) is 31.4 Å². The van der Waals surface area contributed by atoms with E-state index >= 15 is 0 Å². The van der Waals surface area contributed by atoms with Crippen LogP contribution in [0, 0.1) is 0 Å². The van der Waals surface area contributed by atoms with Crippen molar-refractivity contribution in [1.82, 2.24) is 15.0 Å². The van der Waals surface area contributed by atoms with Crippen LogP contribution in [-0.4, -0.2) is 33.5 Å². The first-order valence-electron chi connectivity index (χ1n) is 8.55. The molecule has 1 aromatic carbocycles. The number of hydrogen-bond acceptors (Lipinski definition) is 4. The molecule has 0 aliphatic carbocycles. The molecule has 128 valence electrons. The Labute approximate surface area is 147 Å². The molecule has 0 radical (unpaired) electrons. The van der Waals surface area contributed by atoms with E-state index in [1.165, 1.54) is 6.42 Å². The molecule has 1 fully saturated rings. The Kier molecular flexibility index (Phi) is 5.51. The molecule has 0 saturated carbocycles. The molecule has 2 heterocycles. The van der Waals surface area contributed by atoms with E-state index in [2.05, 4.69) is 17.1 Å². The fourth-order valence-corrected chi connectivity index (χ4v) is 3.31. The number of halogens is 1. The summed E-state index contributed by atoms with van der Waals surface area (Å²) in [5, 5.41) is 4.65. The summed E-state index contributed by atoms with van der Waals surface area (Å²) in [6.45, 7) is 3.02. The van der Waals surface area contributed by atoms with Gasteiger partial charge in [0.2, 0.25) is 17.6 Å². The Bertz CT molecular complexity index is 684. The van der Waals surface area contributed by atoms with Crippen LogP contribution in [0.25, 0.3) is 11.4 Å². The van der Waals surface area contributed by atoms with Gasteiger partial charge in [0.1, 0.15) is 0 Å². The number of hydrogen-bond donors (Lipinski definition) is 0. The van der Waals surface area contributed by atoms with Gasteiger partial charge in [-0.25, -0.2) is 0 Å². The number of carbonyl (C=O) groups excluding carboxylic acids is 1. The zero-order chi connectivity index (χ0) is 16.9. The Hall–Kier alpha value is -1.88. The maximum Gasteiger partial charge on any atom is 0.227 e. The first-order chi connectivity index (χ1) is 11.7. The Morgan fingerprint density at radius 1 is 1.33 bits per heavy atom. The molecule has 1 aliphatic heterocycles. The normalized spacial score (nSPS) is 17.9. The predicted molar refractivity (Wildman–Crippen MR) is 92.7 cm³/mol. The highest BCUT2D eigenvalue weighted by atomic mass is 35.5. The fourth-order valence-electron chi connectivity index (χ4n) is 3.18. The topological polar surface area (TPSA) is 59.2 Å². The van der Waals surface area contributed by atoms with Gasteiger partial charge >= 0.3 is 0 Å². The molecule has 0 bridgehead atoms. The van der Waals surface area contributed by atoms with Crippen LogP contribution in [0.3, 0.4) is 0 Å². The second-order valence-corrected chi connectivity index (χ2v) is 6.60. The van der Waals surface area contributed by atoms with E-state index in [-0.39, 0.29) is 5.91 Å². The molecular formula is C18H22ClN3O2. The van der Waals surface area contributed by atoms with Gasteiger partial charge in [0.05, 0.1) is 0 Å². The van der Waals surface area contributed by atoms with Crippen LogP contribution in [0.4, 0.5) is 0 Å². The fraction of sp³-hybridized carbons (Fsp3) is 0.500. The van der Waals surface area contributed by atoms with Crippen molar-refractivity contribution in [3.8, 4) is 11.4 Å². The monoisotopic (exact) mass is 347 g/mol. The van der Waals surface area contributed by atoms with Gasteiger partial charge in [-0.3, -0.25) is 4.79 Å². The van der Waals surface area contributed by atoms with Crippen LogP contribution in [0.2, 0.25) is 5.02 Å². The van der Waals surface area contributed by atoms with Crippen LogP contribution in [0.15, 0.2) is 28.8 Å². The van der Waals surface area contributed by atoms with Gasteiger partial charge in [0, 0.05) is 36.0 Å². The zero-order valence-electron chi connectivity index (χ0n) is 13.9. The molecule has 24 heavy (non-hydrogen) atoms. The molecule has 3 rings (SSSR count).